The Bertz CT molecular complexity index is 328. The molecule has 14 heavy (non-hydrogen) atoms. The lowest BCUT2D eigenvalue weighted by molar-refractivity contribution is 0.807. The Kier molecular flexibility index (Phi) is 4.38. The Morgan fingerprint density at radius 1 is 1.43 bits per heavy atom. The minimum absolute atomic E-state index is 0.0774. The normalized spacial score (nSPS) is 11.8. The Balaban J connectivity index is 2.87. The molecule has 0 aromatic carbocycles. The summed E-state index contributed by atoms with van der Waals surface area (Å²) in [6, 6.07) is 1.68. The molecular formula is C9H10Cl3NS. The highest BCUT2D eigenvalue weighted by Gasteiger charge is 2.20. The lowest BCUT2D eigenvalue weighted by Crippen LogP contribution is -2.16. The third-order valence-electron chi connectivity index (χ3n) is 1.47. The van der Waals surface area contributed by atoms with Gasteiger partial charge >= 0.3 is 0 Å². The van der Waals surface area contributed by atoms with E-state index in [9.17, 15) is 0 Å². The Morgan fingerprint density at radius 2 is 2.07 bits per heavy atom. The summed E-state index contributed by atoms with van der Waals surface area (Å²) in [6.07, 6.45) is 1.58. The molecule has 1 rings (SSSR count). The quantitative estimate of drug-likeness (QED) is 0.592. The molecule has 1 heterocycles. The second kappa shape index (κ2) is 4.93. The van der Waals surface area contributed by atoms with Crippen LogP contribution in [0.1, 0.15) is 13.8 Å². The van der Waals surface area contributed by atoms with Crippen molar-refractivity contribution in [1.82, 2.24) is 4.98 Å². The van der Waals surface area contributed by atoms with E-state index in [-0.39, 0.29) is 4.75 Å². The molecule has 5 heteroatoms. The number of halogens is 3. The van der Waals surface area contributed by atoms with Crippen LogP contribution in [0.3, 0.4) is 0 Å². The van der Waals surface area contributed by atoms with Gasteiger partial charge in [0.25, 0.3) is 0 Å². The minimum Gasteiger partial charge on any atom is -0.247 e. The largest absolute Gasteiger partial charge is 0.247 e. The van der Waals surface area contributed by atoms with Crippen LogP contribution < -0.4 is 0 Å². The van der Waals surface area contributed by atoms with E-state index in [0.29, 0.717) is 15.9 Å². The van der Waals surface area contributed by atoms with Gasteiger partial charge in [-0.15, -0.1) is 11.6 Å². The average molecular weight is 271 g/mol. The summed E-state index contributed by atoms with van der Waals surface area (Å²) in [5.41, 5.74) is 0. The van der Waals surface area contributed by atoms with Crippen molar-refractivity contribution in [3.8, 4) is 0 Å². The Hall–Kier alpha value is 0.370. The molecule has 0 aliphatic rings. The Morgan fingerprint density at radius 3 is 2.57 bits per heavy atom. The number of rotatable bonds is 3. The first kappa shape index (κ1) is 12.4. The molecule has 0 N–H and O–H groups in total. The predicted octanol–water partition coefficient (Wildman–Crippen LogP) is 4.50. The highest BCUT2D eigenvalue weighted by atomic mass is 35.5. The number of alkyl halides is 1. The predicted molar refractivity (Wildman–Crippen MR) is 64.9 cm³/mol. The van der Waals surface area contributed by atoms with E-state index in [1.54, 1.807) is 24.0 Å². The van der Waals surface area contributed by atoms with Crippen LogP contribution in [0.15, 0.2) is 17.3 Å². The fourth-order valence-electron chi connectivity index (χ4n) is 0.766. The molecule has 78 valence electrons. The van der Waals surface area contributed by atoms with E-state index >= 15 is 0 Å². The summed E-state index contributed by atoms with van der Waals surface area (Å²) in [7, 11) is 0. The van der Waals surface area contributed by atoms with Gasteiger partial charge in [-0.3, -0.25) is 0 Å². The molecule has 0 aliphatic heterocycles. The molecule has 1 aromatic rings. The van der Waals surface area contributed by atoms with E-state index in [1.165, 1.54) is 0 Å². The van der Waals surface area contributed by atoms with Crippen LogP contribution in [0.2, 0.25) is 10.0 Å². The molecule has 1 nitrogen and oxygen atoms in total. The van der Waals surface area contributed by atoms with Gasteiger partial charge in [0.2, 0.25) is 0 Å². The first-order chi connectivity index (χ1) is 6.44. The summed E-state index contributed by atoms with van der Waals surface area (Å²) in [6.45, 7) is 4.08. The molecule has 0 unspecified atom stereocenters. The molecular weight excluding hydrogens is 261 g/mol. The van der Waals surface area contributed by atoms with Crippen molar-refractivity contribution in [3.05, 3.63) is 22.3 Å². The van der Waals surface area contributed by atoms with E-state index in [0.717, 1.165) is 5.03 Å². The van der Waals surface area contributed by atoms with Crippen LogP contribution >= 0.6 is 46.6 Å². The smallest absolute Gasteiger partial charge is 0.115 e. The van der Waals surface area contributed by atoms with Crippen molar-refractivity contribution in [3.63, 3.8) is 0 Å². The molecule has 0 saturated carbocycles. The molecule has 0 radical (unpaired) electrons. The molecule has 0 amide bonds. The van der Waals surface area contributed by atoms with E-state index in [2.05, 4.69) is 4.98 Å². The van der Waals surface area contributed by atoms with Gasteiger partial charge < -0.3 is 0 Å². The SMILES string of the molecule is CC(C)(CCl)Sc1ncc(Cl)cc1Cl. The van der Waals surface area contributed by atoms with Gasteiger partial charge in [0.05, 0.1) is 10.0 Å². The fraction of sp³-hybridized carbons (Fsp3) is 0.444. The van der Waals surface area contributed by atoms with Gasteiger partial charge in [-0.05, 0) is 19.9 Å². The van der Waals surface area contributed by atoms with Crippen LogP contribution in [0, 0.1) is 0 Å². The third kappa shape index (κ3) is 3.50. The second-order valence-electron chi connectivity index (χ2n) is 3.44. The van der Waals surface area contributed by atoms with Crippen molar-refractivity contribution in [2.75, 3.05) is 5.88 Å². The zero-order valence-corrected chi connectivity index (χ0v) is 10.9. The van der Waals surface area contributed by atoms with Gasteiger partial charge in [-0.25, -0.2) is 4.98 Å². The number of nitrogens with zero attached hydrogens (tertiary/aromatic N) is 1. The maximum Gasteiger partial charge on any atom is 0.115 e. The van der Waals surface area contributed by atoms with Crippen LogP contribution in [0.4, 0.5) is 0 Å². The van der Waals surface area contributed by atoms with Crippen molar-refractivity contribution >= 4 is 46.6 Å². The maximum atomic E-state index is 5.98. The zero-order valence-electron chi connectivity index (χ0n) is 7.85. The molecule has 0 aliphatic carbocycles. The standard InChI is InChI=1S/C9H10Cl3NS/c1-9(2,5-10)14-8-7(12)3-6(11)4-13-8/h3-4H,5H2,1-2H3. The number of pyridine rings is 1. The molecule has 1 aromatic heterocycles. The van der Waals surface area contributed by atoms with Gasteiger partial charge in [0.1, 0.15) is 5.03 Å². The minimum atomic E-state index is -0.0774. The van der Waals surface area contributed by atoms with Crippen LogP contribution in [0.25, 0.3) is 0 Å². The molecule has 0 spiro atoms. The molecule has 0 saturated heterocycles. The van der Waals surface area contributed by atoms with E-state index < -0.39 is 0 Å². The second-order valence-corrected chi connectivity index (χ2v) is 6.24. The summed E-state index contributed by atoms with van der Waals surface area (Å²) in [4.78, 5) is 4.15. The number of hydrogen-bond donors (Lipinski definition) is 0. The van der Waals surface area contributed by atoms with Gasteiger partial charge in [0.15, 0.2) is 0 Å². The van der Waals surface area contributed by atoms with Crippen LogP contribution in [-0.2, 0) is 0 Å². The van der Waals surface area contributed by atoms with Crippen molar-refractivity contribution in [2.24, 2.45) is 0 Å². The lowest BCUT2D eigenvalue weighted by Gasteiger charge is -2.20. The van der Waals surface area contributed by atoms with E-state index in [1.807, 2.05) is 13.8 Å². The van der Waals surface area contributed by atoms with Crippen molar-refractivity contribution in [2.45, 2.75) is 23.6 Å². The number of aromatic nitrogens is 1. The summed E-state index contributed by atoms with van der Waals surface area (Å²) in [5, 5.41) is 1.88. The first-order valence-electron chi connectivity index (χ1n) is 4.00. The topological polar surface area (TPSA) is 12.9 Å². The summed E-state index contributed by atoms with van der Waals surface area (Å²) in [5.74, 6) is 0.540. The van der Waals surface area contributed by atoms with Crippen molar-refractivity contribution in [1.29, 1.82) is 0 Å². The number of thioether (sulfide) groups is 1. The van der Waals surface area contributed by atoms with Gasteiger partial charge in [-0.2, -0.15) is 0 Å². The maximum absolute atomic E-state index is 5.98. The molecule has 0 bridgehead atoms. The number of hydrogen-bond acceptors (Lipinski definition) is 2. The van der Waals surface area contributed by atoms with Gasteiger partial charge in [-0.1, -0.05) is 35.0 Å². The molecule has 0 fully saturated rings. The molecule has 0 atom stereocenters. The highest BCUT2D eigenvalue weighted by molar-refractivity contribution is 8.00. The van der Waals surface area contributed by atoms with Crippen molar-refractivity contribution < 1.29 is 0 Å². The highest BCUT2D eigenvalue weighted by Crippen LogP contribution is 2.36. The average Bonchev–Trinajstić information content (AvgIpc) is 2.10. The van der Waals surface area contributed by atoms with Crippen LogP contribution in [0.5, 0.6) is 0 Å². The first-order valence-corrected chi connectivity index (χ1v) is 6.11. The third-order valence-corrected chi connectivity index (χ3v) is 4.12. The zero-order chi connectivity index (χ0) is 10.8. The monoisotopic (exact) mass is 269 g/mol. The van der Waals surface area contributed by atoms with Crippen LogP contribution in [-0.4, -0.2) is 15.6 Å². The lowest BCUT2D eigenvalue weighted by atomic mass is 10.2. The summed E-state index contributed by atoms with van der Waals surface area (Å²) < 4.78 is -0.0774. The Labute approximate surface area is 103 Å². The summed E-state index contributed by atoms with van der Waals surface area (Å²) >= 11 is 19.1. The van der Waals surface area contributed by atoms with Gasteiger partial charge in [0, 0.05) is 16.8 Å². The fourth-order valence-corrected chi connectivity index (χ4v) is 2.27. The van der Waals surface area contributed by atoms with E-state index in [4.69, 9.17) is 34.8 Å².